The first-order valence-electron chi connectivity index (χ1n) is 7.09. The summed E-state index contributed by atoms with van der Waals surface area (Å²) in [6, 6.07) is 14.3. The fraction of sp³-hybridized carbons (Fsp3) is 0.176. The van der Waals surface area contributed by atoms with Gasteiger partial charge in [-0.2, -0.15) is 4.98 Å². The minimum Gasteiger partial charge on any atom is -0.491 e. The molecule has 3 aromatic rings. The molecule has 1 unspecified atom stereocenters. The van der Waals surface area contributed by atoms with Crippen molar-refractivity contribution in [2.75, 3.05) is 6.61 Å². The van der Waals surface area contributed by atoms with Gasteiger partial charge in [0.15, 0.2) is 0 Å². The maximum absolute atomic E-state index is 10.2. The molecule has 0 fully saturated rings. The predicted octanol–water partition coefficient (Wildman–Crippen LogP) is 3.81. The molecule has 2 aromatic carbocycles. The lowest BCUT2D eigenvalue weighted by Crippen LogP contribution is -2.09. The first-order chi connectivity index (χ1) is 11.1. The number of hydrogen-bond donors (Lipinski definition) is 1. The van der Waals surface area contributed by atoms with Gasteiger partial charge in [0, 0.05) is 17.5 Å². The Balaban J connectivity index is 1.67. The van der Waals surface area contributed by atoms with E-state index in [1.165, 1.54) is 0 Å². The largest absolute Gasteiger partial charge is 0.491 e. The Morgan fingerprint density at radius 1 is 1.22 bits per heavy atom. The Bertz CT molecular complexity index is 787. The standard InChI is InChI=1S/C17H15ClN2O3/c1-11-19-17(20-23-11)13-3-2-4-15(9-13)22-10-16(21)12-5-7-14(18)8-6-12/h2-9,16,21H,10H2,1H3. The lowest BCUT2D eigenvalue weighted by Gasteiger charge is -2.13. The molecule has 0 saturated carbocycles. The third-order valence-electron chi connectivity index (χ3n) is 3.28. The van der Waals surface area contributed by atoms with Gasteiger partial charge < -0.3 is 14.4 Å². The Kier molecular flexibility index (Phi) is 4.60. The van der Waals surface area contributed by atoms with Crippen LogP contribution in [0.15, 0.2) is 53.1 Å². The van der Waals surface area contributed by atoms with E-state index >= 15 is 0 Å². The predicted molar refractivity (Wildman–Crippen MR) is 86.4 cm³/mol. The van der Waals surface area contributed by atoms with Crippen LogP contribution in [0, 0.1) is 6.92 Å². The molecule has 3 rings (SSSR count). The molecule has 1 atom stereocenters. The monoisotopic (exact) mass is 330 g/mol. The molecule has 0 aliphatic rings. The van der Waals surface area contributed by atoms with E-state index in [1.807, 2.05) is 18.2 Å². The summed E-state index contributed by atoms with van der Waals surface area (Å²) in [5.41, 5.74) is 1.54. The van der Waals surface area contributed by atoms with Gasteiger partial charge in [0.1, 0.15) is 18.5 Å². The van der Waals surface area contributed by atoms with E-state index in [2.05, 4.69) is 10.1 Å². The molecular weight excluding hydrogens is 316 g/mol. The number of aromatic nitrogens is 2. The normalized spacial score (nSPS) is 12.1. The van der Waals surface area contributed by atoms with Gasteiger partial charge >= 0.3 is 0 Å². The summed E-state index contributed by atoms with van der Waals surface area (Å²) >= 11 is 5.83. The van der Waals surface area contributed by atoms with E-state index in [0.717, 1.165) is 11.1 Å². The van der Waals surface area contributed by atoms with Crippen LogP contribution >= 0.6 is 11.6 Å². The summed E-state index contributed by atoms with van der Waals surface area (Å²) in [6.45, 7) is 1.87. The smallest absolute Gasteiger partial charge is 0.223 e. The van der Waals surface area contributed by atoms with Crippen LogP contribution in [-0.2, 0) is 0 Å². The van der Waals surface area contributed by atoms with Crippen molar-refractivity contribution in [3.8, 4) is 17.1 Å². The molecule has 0 aliphatic heterocycles. The van der Waals surface area contributed by atoms with Crippen LogP contribution in [0.1, 0.15) is 17.6 Å². The van der Waals surface area contributed by atoms with Crippen molar-refractivity contribution in [3.63, 3.8) is 0 Å². The van der Waals surface area contributed by atoms with E-state index in [0.29, 0.717) is 22.5 Å². The fourth-order valence-electron chi connectivity index (χ4n) is 2.10. The highest BCUT2D eigenvalue weighted by molar-refractivity contribution is 6.30. The van der Waals surface area contributed by atoms with Crippen molar-refractivity contribution in [1.82, 2.24) is 10.1 Å². The highest BCUT2D eigenvalue weighted by Gasteiger charge is 2.10. The molecule has 0 spiro atoms. The quantitative estimate of drug-likeness (QED) is 0.770. The summed E-state index contributed by atoms with van der Waals surface area (Å²) in [5, 5.41) is 14.7. The second-order valence-electron chi connectivity index (χ2n) is 5.04. The summed E-state index contributed by atoms with van der Waals surface area (Å²) in [5.74, 6) is 1.63. The maximum Gasteiger partial charge on any atom is 0.223 e. The number of aryl methyl sites for hydroxylation is 1. The minimum absolute atomic E-state index is 0.135. The summed E-state index contributed by atoms with van der Waals surface area (Å²) in [6.07, 6.45) is -0.733. The van der Waals surface area contributed by atoms with Gasteiger partial charge in [-0.15, -0.1) is 0 Å². The molecule has 0 bridgehead atoms. The third-order valence-corrected chi connectivity index (χ3v) is 3.53. The molecule has 0 amide bonds. The first kappa shape index (κ1) is 15.5. The van der Waals surface area contributed by atoms with Gasteiger partial charge in [-0.05, 0) is 29.8 Å². The second-order valence-corrected chi connectivity index (χ2v) is 5.48. The molecule has 0 aliphatic carbocycles. The summed E-state index contributed by atoms with van der Waals surface area (Å²) < 4.78 is 10.6. The van der Waals surface area contributed by atoms with Crippen LogP contribution in [0.5, 0.6) is 5.75 Å². The molecule has 1 heterocycles. The number of rotatable bonds is 5. The number of hydrogen-bond acceptors (Lipinski definition) is 5. The maximum atomic E-state index is 10.2. The van der Waals surface area contributed by atoms with Crippen LogP contribution in [0.3, 0.4) is 0 Å². The fourth-order valence-corrected chi connectivity index (χ4v) is 2.22. The molecule has 0 radical (unpaired) electrons. The van der Waals surface area contributed by atoms with Gasteiger partial charge in [-0.25, -0.2) is 0 Å². The molecule has 1 N–H and O–H groups in total. The van der Waals surface area contributed by atoms with Gasteiger partial charge in [0.25, 0.3) is 0 Å². The Labute approximate surface area is 138 Å². The zero-order valence-corrected chi connectivity index (χ0v) is 13.2. The molecule has 1 aromatic heterocycles. The number of halogens is 1. The summed E-state index contributed by atoms with van der Waals surface area (Å²) in [7, 11) is 0. The van der Waals surface area contributed by atoms with Crippen LogP contribution in [0.25, 0.3) is 11.4 Å². The molecule has 6 heteroatoms. The van der Waals surface area contributed by atoms with Crippen molar-refractivity contribution in [2.24, 2.45) is 0 Å². The van der Waals surface area contributed by atoms with Crippen LogP contribution in [-0.4, -0.2) is 21.9 Å². The van der Waals surface area contributed by atoms with Crippen molar-refractivity contribution in [1.29, 1.82) is 0 Å². The van der Waals surface area contributed by atoms with Crippen molar-refractivity contribution >= 4 is 11.6 Å². The SMILES string of the molecule is Cc1nc(-c2cccc(OCC(O)c3ccc(Cl)cc3)c2)no1. The zero-order valence-electron chi connectivity index (χ0n) is 12.4. The van der Waals surface area contributed by atoms with E-state index in [-0.39, 0.29) is 6.61 Å². The van der Waals surface area contributed by atoms with Gasteiger partial charge in [0.2, 0.25) is 11.7 Å². The molecule has 5 nitrogen and oxygen atoms in total. The summed E-state index contributed by atoms with van der Waals surface area (Å²) in [4.78, 5) is 4.18. The number of aliphatic hydroxyl groups is 1. The average Bonchev–Trinajstić information content (AvgIpc) is 3.00. The first-order valence-corrected chi connectivity index (χ1v) is 7.47. The van der Waals surface area contributed by atoms with Gasteiger partial charge in [0.05, 0.1) is 0 Å². The molecule has 118 valence electrons. The molecule has 0 saturated heterocycles. The Morgan fingerprint density at radius 2 is 2.00 bits per heavy atom. The second kappa shape index (κ2) is 6.81. The third kappa shape index (κ3) is 3.88. The van der Waals surface area contributed by atoms with Crippen molar-refractivity contribution < 1.29 is 14.4 Å². The minimum atomic E-state index is -0.733. The lowest BCUT2D eigenvalue weighted by molar-refractivity contribution is 0.108. The van der Waals surface area contributed by atoms with Gasteiger partial charge in [-0.3, -0.25) is 0 Å². The number of ether oxygens (including phenoxy) is 1. The average molecular weight is 331 g/mol. The van der Waals surface area contributed by atoms with Crippen LogP contribution in [0.4, 0.5) is 0 Å². The molecule has 23 heavy (non-hydrogen) atoms. The topological polar surface area (TPSA) is 68.4 Å². The van der Waals surface area contributed by atoms with Crippen LogP contribution in [0.2, 0.25) is 5.02 Å². The van der Waals surface area contributed by atoms with Gasteiger partial charge in [-0.1, -0.05) is 41.0 Å². The lowest BCUT2D eigenvalue weighted by atomic mass is 10.1. The Hall–Kier alpha value is -2.37. The van der Waals surface area contributed by atoms with Crippen LogP contribution < -0.4 is 4.74 Å². The highest BCUT2D eigenvalue weighted by Crippen LogP contribution is 2.23. The highest BCUT2D eigenvalue weighted by atomic mass is 35.5. The van der Waals surface area contributed by atoms with Crippen molar-refractivity contribution in [3.05, 3.63) is 65.0 Å². The van der Waals surface area contributed by atoms with E-state index in [4.69, 9.17) is 20.9 Å². The number of benzene rings is 2. The van der Waals surface area contributed by atoms with E-state index in [1.54, 1.807) is 37.3 Å². The van der Waals surface area contributed by atoms with E-state index < -0.39 is 6.10 Å². The Morgan fingerprint density at radius 3 is 2.70 bits per heavy atom. The number of nitrogens with zero attached hydrogens (tertiary/aromatic N) is 2. The zero-order chi connectivity index (χ0) is 16.2. The van der Waals surface area contributed by atoms with E-state index in [9.17, 15) is 5.11 Å². The molecular formula is C17H15ClN2O3. The number of aliphatic hydroxyl groups excluding tert-OH is 1. The van der Waals surface area contributed by atoms with Crippen molar-refractivity contribution in [2.45, 2.75) is 13.0 Å².